The second kappa shape index (κ2) is 12.8. The summed E-state index contributed by atoms with van der Waals surface area (Å²) in [6, 6.07) is 6.96. The van der Waals surface area contributed by atoms with Gasteiger partial charge in [0.2, 0.25) is 5.43 Å². The molecule has 1 heterocycles. The van der Waals surface area contributed by atoms with Crippen LogP contribution in [0, 0.1) is 0 Å². The maximum Gasteiger partial charge on any atom is 0.254 e. The van der Waals surface area contributed by atoms with E-state index < -0.39 is 5.91 Å². The van der Waals surface area contributed by atoms with E-state index >= 15 is 0 Å². The van der Waals surface area contributed by atoms with Gasteiger partial charge in [0.05, 0.1) is 6.61 Å². The molecular weight excluding hydrogens is 414 g/mol. The molecule has 1 aromatic carbocycles. The van der Waals surface area contributed by atoms with Crippen molar-refractivity contribution in [1.82, 2.24) is 4.98 Å². The van der Waals surface area contributed by atoms with Gasteiger partial charge in [-0.3, -0.25) is 9.59 Å². The number of primary amides is 1. The molecule has 0 atom stereocenters. The van der Waals surface area contributed by atoms with E-state index in [4.69, 9.17) is 16.2 Å². The highest BCUT2D eigenvalue weighted by molar-refractivity contribution is 5.95. The molecule has 6 heteroatoms. The Hall–Kier alpha value is -3.90. The average molecular weight is 446 g/mol. The van der Waals surface area contributed by atoms with Crippen LogP contribution in [-0.2, 0) is 4.74 Å². The van der Waals surface area contributed by atoms with E-state index in [2.05, 4.69) is 35.9 Å². The molecule has 0 saturated carbocycles. The van der Waals surface area contributed by atoms with E-state index in [0.29, 0.717) is 24.1 Å². The van der Waals surface area contributed by atoms with Crippen molar-refractivity contribution in [3.05, 3.63) is 118 Å². The standard InChI is InChI=1S/C17H23NO.C10H8N2O2/c1-4-6-10-17(14(3)19-5-2)16-9-7-8-15(13-18)11-12-16;11-10(14)7-5-12-8-4-2-1-3-6(8)9(7)13/h4,6-7,9-12H,1,5,8,13,18H2,2-3H3;1-5H,(H2,11,14)(H,12,13)/b10-6-,17-14-;. The minimum atomic E-state index is -0.711. The summed E-state index contributed by atoms with van der Waals surface area (Å²) in [6.45, 7) is 8.95. The molecule has 0 radical (unpaired) electrons. The predicted octanol–water partition coefficient (Wildman–Crippen LogP) is 4.44. The molecule has 0 fully saturated rings. The van der Waals surface area contributed by atoms with Gasteiger partial charge in [-0.2, -0.15) is 0 Å². The Labute approximate surface area is 194 Å². The molecule has 1 aliphatic rings. The number of hydrogen-bond acceptors (Lipinski definition) is 4. The van der Waals surface area contributed by atoms with Gasteiger partial charge in [0.15, 0.2) is 0 Å². The number of carbonyl (C=O) groups is 1. The second-order valence-corrected chi connectivity index (χ2v) is 7.20. The van der Waals surface area contributed by atoms with Crippen molar-refractivity contribution >= 4 is 16.8 Å². The van der Waals surface area contributed by atoms with Crippen molar-refractivity contribution in [3.8, 4) is 0 Å². The third-order valence-corrected chi connectivity index (χ3v) is 4.94. The number of carbonyl (C=O) groups excluding carboxylic acids is 1. The lowest BCUT2D eigenvalue weighted by Gasteiger charge is -2.10. The fraction of sp³-hybridized carbons (Fsp3) is 0.185. The third-order valence-electron chi connectivity index (χ3n) is 4.94. The third kappa shape index (κ3) is 7.05. The molecule has 0 bridgehead atoms. The van der Waals surface area contributed by atoms with Crippen LogP contribution >= 0.6 is 0 Å². The second-order valence-electron chi connectivity index (χ2n) is 7.20. The Kier molecular flexibility index (Phi) is 9.86. The Morgan fingerprint density at radius 1 is 1.27 bits per heavy atom. The minimum absolute atomic E-state index is 0.0105. The zero-order valence-electron chi connectivity index (χ0n) is 19.1. The smallest absolute Gasteiger partial charge is 0.254 e. The van der Waals surface area contributed by atoms with Crippen molar-refractivity contribution in [3.63, 3.8) is 0 Å². The van der Waals surface area contributed by atoms with Crippen molar-refractivity contribution in [2.75, 3.05) is 13.2 Å². The zero-order valence-corrected chi connectivity index (χ0v) is 19.1. The fourth-order valence-electron chi connectivity index (χ4n) is 3.23. The molecule has 0 saturated heterocycles. The summed E-state index contributed by atoms with van der Waals surface area (Å²) < 4.78 is 5.62. The first-order valence-corrected chi connectivity index (χ1v) is 10.7. The lowest BCUT2D eigenvalue weighted by molar-refractivity contribution is 0.0999. The van der Waals surface area contributed by atoms with Gasteiger partial charge in [0.1, 0.15) is 11.3 Å². The number of ether oxygens (including phenoxy) is 1. The molecule has 0 unspecified atom stereocenters. The average Bonchev–Trinajstić information content (AvgIpc) is 3.06. The number of nitrogens with two attached hydrogens (primary N) is 2. The highest BCUT2D eigenvalue weighted by atomic mass is 16.5. The van der Waals surface area contributed by atoms with Crippen molar-refractivity contribution in [2.45, 2.75) is 20.3 Å². The summed E-state index contributed by atoms with van der Waals surface area (Å²) in [5.74, 6) is 0.207. The van der Waals surface area contributed by atoms with Crippen LogP contribution in [0.25, 0.3) is 10.9 Å². The van der Waals surface area contributed by atoms with Gasteiger partial charge in [0.25, 0.3) is 5.91 Å². The van der Waals surface area contributed by atoms with Gasteiger partial charge in [0, 0.05) is 29.2 Å². The summed E-state index contributed by atoms with van der Waals surface area (Å²) >= 11 is 0. The Morgan fingerprint density at radius 2 is 2.03 bits per heavy atom. The van der Waals surface area contributed by atoms with E-state index in [1.165, 1.54) is 11.8 Å². The normalized spacial score (nSPS) is 13.9. The number of H-pyrrole nitrogens is 1. The number of aromatic nitrogens is 1. The van der Waals surface area contributed by atoms with Crippen LogP contribution in [0.5, 0.6) is 0 Å². The van der Waals surface area contributed by atoms with Crippen LogP contribution in [0.4, 0.5) is 0 Å². The fourth-order valence-corrected chi connectivity index (χ4v) is 3.23. The van der Waals surface area contributed by atoms with Crippen molar-refractivity contribution in [1.29, 1.82) is 0 Å². The Bertz CT molecular complexity index is 1210. The highest BCUT2D eigenvalue weighted by Gasteiger charge is 2.08. The molecule has 0 aliphatic heterocycles. The SMILES string of the molecule is C=C/C=C\C(C1=CC=C(CN)CC=C1)=C(/C)OCC.NC(=O)c1c[nH]c2ccccc2c1=O. The molecule has 6 nitrogen and oxygen atoms in total. The number of nitrogens with one attached hydrogen (secondary N) is 1. The van der Waals surface area contributed by atoms with Crippen LogP contribution < -0.4 is 16.9 Å². The Balaban J connectivity index is 0.000000243. The monoisotopic (exact) mass is 445 g/mol. The van der Waals surface area contributed by atoms with Crippen LogP contribution in [0.1, 0.15) is 30.6 Å². The quantitative estimate of drug-likeness (QED) is 0.432. The summed E-state index contributed by atoms with van der Waals surface area (Å²) in [7, 11) is 0. The maximum absolute atomic E-state index is 11.6. The molecule has 2 aromatic rings. The Morgan fingerprint density at radius 3 is 2.70 bits per heavy atom. The van der Waals surface area contributed by atoms with Crippen molar-refractivity contribution in [2.24, 2.45) is 11.5 Å². The van der Waals surface area contributed by atoms with Gasteiger partial charge >= 0.3 is 0 Å². The molecule has 1 aliphatic carbocycles. The number of rotatable bonds is 7. The number of amides is 1. The summed E-state index contributed by atoms with van der Waals surface area (Å²) in [6.07, 6.45) is 16.4. The largest absolute Gasteiger partial charge is 0.498 e. The van der Waals surface area contributed by atoms with Crippen molar-refractivity contribution < 1.29 is 9.53 Å². The minimum Gasteiger partial charge on any atom is -0.498 e. The van der Waals surface area contributed by atoms with E-state index in [1.54, 1.807) is 24.3 Å². The topological polar surface area (TPSA) is 111 Å². The molecule has 0 spiro atoms. The van der Waals surface area contributed by atoms with E-state index in [9.17, 15) is 9.59 Å². The predicted molar refractivity (Wildman–Crippen MR) is 136 cm³/mol. The zero-order chi connectivity index (χ0) is 24.2. The van der Waals surface area contributed by atoms with Gasteiger partial charge in [-0.1, -0.05) is 66.8 Å². The number of aromatic amines is 1. The lowest BCUT2D eigenvalue weighted by Crippen LogP contribution is -2.21. The number of fused-ring (bicyclic) bond motifs is 1. The van der Waals surface area contributed by atoms with Gasteiger partial charge in [-0.15, -0.1) is 0 Å². The van der Waals surface area contributed by atoms with Crippen LogP contribution in [0.3, 0.4) is 0 Å². The molecule has 1 aromatic heterocycles. The lowest BCUT2D eigenvalue weighted by atomic mass is 10.0. The number of hydrogen-bond donors (Lipinski definition) is 3. The first kappa shape index (κ1) is 25.4. The molecule has 3 rings (SSSR count). The first-order valence-electron chi connectivity index (χ1n) is 10.7. The van der Waals surface area contributed by atoms with E-state index in [1.807, 2.05) is 32.1 Å². The summed E-state index contributed by atoms with van der Waals surface area (Å²) in [5.41, 5.74) is 14.5. The van der Waals surface area contributed by atoms with Crippen LogP contribution in [0.2, 0.25) is 0 Å². The van der Waals surface area contributed by atoms with E-state index in [0.717, 1.165) is 23.3 Å². The van der Waals surface area contributed by atoms with Gasteiger partial charge in [-0.25, -0.2) is 0 Å². The van der Waals surface area contributed by atoms with Crippen LogP contribution in [-0.4, -0.2) is 24.0 Å². The molecule has 33 heavy (non-hydrogen) atoms. The van der Waals surface area contributed by atoms with Gasteiger partial charge < -0.3 is 21.2 Å². The molecular formula is C27H31N3O3. The highest BCUT2D eigenvalue weighted by Crippen LogP contribution is 2.22. The molecule has 5 N–H and O–H groups in total. The van der Waals surface area contributed by atoms with Crippen LogP contribution in [0.15, 0.2) is 107 Å². The number of allylic oxidation sites excluding steroid dienone is 10. The maximum atomic E-state index is 11.6. The first-order chi connectivity index (χ1) is 15.9. The summed E-state index contributed by atoms with van der Waals surface area (Å²) in [5, 5.41) is 0.476. The number of para-hydroxylation sites is 1. The molecule has 172 valence electrons. The van der Waals surface area contributed by atoms with Gasteiger partial charge in [-0.05, 0) is 38.0 Å². The number of benzene rings is 1. The van der Waals surface area contributed by atoms with E-state index in [-0.39, 0.29) is 11.0 Å². The number of pyridine rings is 1. The summed E-state index contributed by atoms with van der Waals surface area (Å²) in [4.78, 5) is 25.4. The molecule has 1 amide bonds.